The summed E-state index contributed by atoms with van der Waals surface area (Å²) in [5.41, 5.74) is 0. The van der Waals surface area contributed by atoms with Gasteiger partial charge in [-0.15, -0.1) is 0 Å². The molecule has 0 aliphatic heterocycles. The van der Waals surface area contributed by atoms with Gasteiger partial charge in [-0.2, -0.15) is 0 Å². The van der Waals surface area contributed by atoms with Crippen molar-refractivity contribution in [1.29, 1.82) is 0 Å². The van der Waals surface area contributed by atoms with Crippen molar-refractivity contribution >= 4 is 17.9 Å². The van der Waals surface area contributed by atoms with Crippen molar-refractivity contribution in [2.24, 2.45) is 0 Å². The highest BCUT2D eigenvalue weighted by Gasteiger charge is 2.22. The first kappa shape index (κ1) is 65.0. The molecule has 392 valence electrons. The molecule has 0 rings (SSSR count). The molecule has 0 radical (unpaired) electrons. The summed E-state index contributed by atoms with van der Waals surface area (Å²) in [6.07, 6.45) is 65.4. The van der Waals surface area contributed by atoms with Crippen LogP contribution in [0, 0.1) is 0 Å². The predicted molar refractivity (Wildman–Crippen MR) is 287 cm³/mol. The zero-order valence-corrected chi connectivity index (χ0v) is 44.4. The van der Waals surface area contributed by atoms with Gasteiger partial charge in [-0.1, -0.05) is 187 Å². The van der Waals surface area contributed by atoms with E-state index in [4.69, 9.17) is 18.9 Å². The number of aliphatic carboxylic acids is 1. The lowest BCUT2D eigenvalue weighted by Gasteiger charge is -2.26. The van der Waals surface area contributed by atoms with Crippen LogP contribution in [0.2, 0.25) is 0 Å². The number of unbranched alkanes of at least 4 members (excludes halogenated alkanes) is 15. The van der Waals surface area contributed by atoms with E-state index < -0.39 is 24.3 Å². The molecule has 0 bridgehead atoms. The molecule has 0 fully saturated rings. The second-order valence-corrected chi connectivity index (χ2v) is 18.8. The Morgan fingerprint density at radius 1 is 0.449 bits per heavy atom. The molecule has 0 N–H and O–H groups in total. The second kappa shape index (κ2) is 50.3. The Morgan fingerprint density at radius 2 is 0.826 bits per heavy atom. The standard InChI is InChI=1S/C60H99NO8/c1-6-8-10-12-14-16-18-20-22-24-26-27-28-29-30-31-33-35-37-39-41-43-45-47-49-51-58(63)69-56(55-68-60(59(64)65)66-53-52-61(3,4)5)54-67-57(62)50-48-46-44-42-40-38-36-34-32-25-23-21-19-17-15-13-11-9-7-2/h8,10,14-17,20-23,26-27,29-30,32-35,56,60H,6-7,9,11-13,18-19,24-25,28,31,36-55H2,1-5H3/b10-8-,16-14-,17-15-,22-20-,23-21-,27-26-,30-29-,34-32-,35-33-. The first-order valence-corrected chi connectivity index (χ1v) is 27.0. The van der Waals surface area contributed by atoms with Gasteiger partial charge in [0, 0.05) is 12.8 Å². The number of hydrogen-bond acceptors (Lipinski definition) is 8. The minimum absolute atomic E-state index is 0.136. The van der Waals surface area contributed by atoms with E-state index in [1.165, 1.54) is 25.7 Å². The molecule has 0 saturated carbocycles. The van der Waals surface area contributed by atoms with E-state index in [0.29, 0.717) is 17.4 Å². The quantitative estimate of drug-likeness (QED) is 0.0195. The molecule has 0 aromatic carbocycles. The lowest BCUT2D eigenvalue weighted by molar-refractivity contribution is -0.870. The predicted octanol–water partition coefficient (Wildman–Crippen LogP) is 14.2. The largest absolute Gasteiger partial charge is 0.545 e. The molecule has 0 aromatic heterocycles. The average molecular weight is 962 g/mol. The molecule has 2 unspecified atom stereocenters. The van der Waals surface area contributed by atoms with E-state index in [0.717, 1.165) is 135 Å². The number of carbonyl (C=O) groups excluding carboxylic acids is 3. The van der Waals surface area contributed by atoms with Crippen molar-refractivity contribution in [3.8, 4) is 0 Å². The summed E-state index contributed by atoms with van der Waals surface area (Å²) in [5.74, 6) is -2.33. The van der Waals surface area contributed by atoms with Gasteiger partial charge >= 0.3 is 11.9 Å². The number of carboxylic acid groups (broad SMARTS) is 1. The van der Waals surface area contributed by atoms with Gasteiger partial charge in [0.25, 0.3) is 0 Å². The molecule has 0 spiro atoms. The van der Waals surface area contributed by atoms with Crippen LogP contribution >= 0.6 is 0 Å². The normalized spacial score (nSPS) is 13.7. The third-order valence-electron chi connectivity index (χ3n) is 11.0. The maximum Gasteiger partial charge on any atom is 0.306 e. The van der Waals surface area contributed by atoms with Crippen molar-refractivity contribution in [3.63, 3.8) is 0 Å². The number of allylic oxidation sites excluding steroid dienone is 18. The number of carboxylic acids is 1. The van der Waals surface area contributed by atoms with Gasteiger partial charge in [0.2, 0.25) is 0 Å². The first-order valence-electron chi connectivity index (χ1n) is 27.0. The van der Waals surface area contributed by atoms with Crippen LogP contribution < -0.4 is 5.11 Å². The second-order valence-electron chi connectivity index (χ2n) is 18.8. The number of likely N-dealkylation sites (N-methyl/N-ethyl adjacent to an activating group) is 1. The minimum atomic E-state index is -1.64. The summed E-state index contributed by atoms with van der Waals surface area (Å²) in [4.78, 5) is 37.2. The Kier molecular flexibility index (Phi) is 47.4. The highest BCUT2D eigenvalue weighted by atomic mass is 16.7. The van der Waals surface area contributed by atoms with E-state index >= 15 is 0 Å². The molecule has 0 heterocycles. The molecule has 0 aliphatic rings. The van der Waals surface area contributed by atoms with E-state index in [1.807, 2.05) is 21.1 Å². The summed E-state index contributed by atoms with van der Waals surface area (Å²) >= 11 is 0. The maximum absolute atomic E-state index is 12.8. The molecule has 9 nitrogen and oxygen atoms in total. The van der Waals surface area contributed by atoms with E-state index in [-0.39, 0.29) is 38.6 Å². The van der Waals surface area contributed by atoms with Crippen molar-refractivity contribution in [2.45, 2.75) is 206 Å². The third-order valence-corrected chi connectivity index (χ3v) is 11.0. The van der Waals surface area contributed by atoms with Gasteiger partial charge in [0.05, 0.1) is 40.3 Å². The molecular formula is C60H99NO8. The van der Waals surface area contributed by atoms with Crippen molar-refractivity contribution in [2.75, 3.05) is 47.5 Å². The highest BCUT2D eigenvalue weighted by Crippen LogP contribution is 2.13. The van der Waals surface area contributed by atoms with Gasteiger partial charge in [0.15, 0.2) is 12.4 Å². The van der Waals surface area contributed by atoms with Gasteiger partial charge in [-0.25, -0.2) is 0 Å². The number of ether oxygens (including phenoxy) is 4. The monoisotopic (exact) mass is 962 g/mol. The molecule has 9 heteroatoms. The summed E-state index contributed by atoms with van der Waals surface area (Å²) < 4.78 is 22.6. The fraction of sp³-hybridized carbons (Fsp3) is 0.650. The molecule has 0 aromatic rings. The summed E-state index contributed by atoms with van der Waals surface area (Å²) in [6.45, 7) is 4.55. The Balaban J connectivity index is 4.40. The van der Waals surface area contributed by atoms with Crippen LogP contribution in [0.5, 0.6) is 0 Å². The van der Waals surface area contributed by atoms with Crippen LogP contribution in [0.4, 0.5) is 0 Å². The number of rotatable bonds is 48. The fourth-order valence-corrected chi connectivity index (χ4v) is 6.84. The van der Waals surface area contributed by atoms with Crippen LogP contribution in [0.3, 0.4) is 0 Å². The van der Waals surface area contributed by atoms with Crippen molar-refractivity contribution in [1.82, 2.24) is 0 Å². The fourth-order valence-electron chi connectivity index (χ4n) is 6.84. The average Bonchev–Trinajstić information content (AvgIpc) is 3.31. The summed E-state index contributed by atoms with van der Waals surface area (Å²) in [5, 5.41) is 11.8. The molecular weight excluding hydrogens is 863 g/mol. The SMILES string of the molecule is CC/C=C\C/C=C\C/C=C\C/C=C\C/C=C\C/C=C\CCCCCCCCC(=O)OC(COC(=O)CCCCCCCC/C=C\C/C=C\C/C=C\CCCCC)COC(OCC[N+](C)(C)C)C(=O)[O-]. The Labute approximate surface area is 422 Å². The van der Waals surface area contributed by atoms with Crippen molar-refractivity contribution < 1.29 is 42.9 Å². The van der Waals surface area contributed by atoms with Gasteiger partial charge < -0.3 is 33.3 Å². The number of hydrogen-bond donors (Lipinski definition) is 0. The van der Waals surface area contributed by atoms with Crippen LogP contribution in [0.15, 0.2) is 109 Å². The van der Waals surface area contributed by atoms with Gasteiger partial charge in [-0.05, 0) is 103 Å². The number of esters is 2. The molecule has 0 aliphatic carbocycles. The van der Waals surface area contributed by atoms with E-state index in [1.54, 1.807) is 0 Å². The smallest absolute Gasteiger partial charge is 0.306 e. The molecule has 0 saturated heterocycles. The topological polar surface area (TPSA) is 111 Å². The zero-order valence-electron chi connectivity index (χ0n) is 44.4. The van der Waals surface area contributed by atoms with Crippen LogP contribution in [-0.2, 0) is 33.3 Å². The van der Waals surface area contributed by atoms with Gasteiger partial charge in [-0.3, -0.25) is 9.59 Å². The molecule has 69 heavy (non-hydrogen) atoms. The van der Waals surface area contributed by atoms with Crippen LogP contribution in [0.1, 0.15) is 194 Å². The maximum atomic E-state index is 12.8. The Bertz CT molecular complexity index is 1490. The van der Waals surface area contributed by atoms with Crippen LogP contribution in [-0.4, -0.2) is 82.3 Å². The molecule has 2 atom stereocenters. The lowest BCUT2D eigenvalue weighted by Crippen LogP contribution is -2.44. The first-order chi connectivity index (χ1) is 33.6. The van der Waals surface area contributed by atoms with E-state index in [2.05, 4.69) is 123 Å². The van der Waals surface area contributed by atoms with Crippen LogP contribution in [0.25, 0.3) is 0 Å². The highest BCUT2D eigenvalue weighted by molar-refractivity contribution is 5.70. The number of carbonyl (C=O) groups is 3. The van der Waals surface area contributed by atoms with E-state index in [9.17, 15) is 19.5 Å². The third kappa shape index (κ3) is 51.6. The zero-order chi connectivity index (χ0) is 50.6. The molecule has 0 amide bonds. The van der Waals surface area contributed by atoms with Crippen molar-refractivity contribution in [3.05, 3.63) is 109 Å². The van der Waals surface area contributed by atoms with Gasteiger partial charge in [0.1, 0.15) is 13.2 Å². The minimum Gasteiger partial charge on any atom is -0.545 e. The number of nitrogens with zero attached hydrogens (tertiary/aromatic N) is 1. The Morgan fingerprint density at radius 3 is 1.23 bits per heavy atom. The summed E-state index contributed by atoms with van der Waals surface area (Å²) in [6, 6.07) is 0. The lowest BCUT2D eigenvalue weighted by atomic mass is 10.1. The summed E-state index contributed by atoms with van der Waals surface area (Å²) in [7, 11) is 5.90. The Hall–Kier alpha value is -4.05. The number of quaternary nitrogens is 1.